The van der Waals surface area contributed by atoms with Crippen LogP contribution < -0.4 is 0 Å². The summed E-state index contributed by atoms with van der Waals surface area (Å²) in [5.74, 6) is 0.0589. The van der Waals surface area contributed by atoms with Crippen LogP contribution in [0.3, 0.4) is 0 Å². The first-order valence-electron chi connectivity index (χ1n) is 8.55. The van der Waals surface area contributed by atoms with Crippen molar-refractivity contribution in [3.8, 4) is 0 Å². The van der Waals surface area contributed by atoms with Gasteiger partial charge in [0.15, 0.2) is 0 Å². The smallest absolute Gasteiger partial charge is 0.244 e. The molecule has 3 rings (SSSR count). The minimum absolute atomic E-state index is 0.0589. The molecule has 0 unspecified atom stereocenters. The van der Waals surface area contributed by atoms with Gasteiger partial charge in [-0.2, -0.15) is 4.31 Å². The average Bonchev–Trinajstić information content (AvgIpc) is 2.67. The van der Waals surface area contributed by atoms with Crippen molar-refractivity contribution >= 4 is 27.5 Å². The van der Waals surface area contributed by atoms with E-state index in [2.05, 4.69) is 0 Å². The van der Waals surface area contributed by atoms with Crippen molar-refractivity contribution < 1.29 is 13.2 Å². The summed E-state index contributed by atoms with van der Waals surface area (Å²) in [4.78, 5) is 14.2. The second-order valence-corrected chi connectivity index (χ2v) is 8.51. The molecule has 7 heteroatoms. The maximum atomic E-state index is 12.7. The third kappa shape index (κ3) is 4.26. The number of rotatable bonds is 5. The van der Waals surface area contributed by atoms with Crippen molar-refractivity contribution in [1.82, 2.24) is 9.21 Å². The van der Waals surface area contributed by atoms with Gasteiger partial charge in [0, 0.05) is 32.6 Å². The molecule has 1 fully saturated rings. The number of hydrogen-bond donors (Lipinski definition) is 0. The Morgan fingerprint density at radius 3 is 2.19 bits per heavy atom. The standard InChI is InChI=1S/C19H21ClN2O3S/c20-17-8-4-5-9-18(17)26(24,25)22-14-12-21(13-15-22)19(23)11-10-16-6-2-1-3-7-16/h1-9H,10-15H2. The van der Waals surface area contributed by atoms with Crippen LogP contribution in [0.15, 0.2) is 59.5 Å². The summed E-state index contributed by atoms with van der Waals surface area (Å²) in [6.45, 7) is 1.36. The van der Waals surface area contributed by atoms with Gasteiger partial charge < -0.3 is 4.90 Å². The van der Waals surface area contributed by atoms with E-state index in [0.717, 1.165) is 5.56 Å². The topological polar surface area (TPSA) is 57.7 Å². The normalized spacial score (nSPS) is 15.8. The minimum Gasteiger partial charge on any atom is -0.340 e. The molecule has 0 aliphatic carbocycles. The van der Waals surface area contributed by atoms with Crippen molar-refractivity contribution in [1.29, 1.82) is 0 Å². The lowest BCUT2D eigenvalue weighted by molar-refractivity contribution is -0.132. The fraction of sp³-hybridized carbons (Fsp3) is 0.316. The van der Waals surface area contributed by atoms with E-state index in [0.29, 0.717) is 25.9 Å². The van der Waals surface area contributed by atoms with E-state index in [1.54, 1.807) is 23.1 Å². The van der Waals surface area contributed by atoms with Gasteiger partial charge in [-0.3, -0.25) is 4.79 Å². The maximum absolute atomic E-state index is 12.7. The van der Waals surface area contributed by atoms with Crippen LogP contribution in [0.1, 0.15) is 12.0 Å². The van der Waals surface area contributed by atoms with Crippen LogP contribution in [0.2, 0.25) is 5.02 Å². The molecule has 138 valence electrons. The number of halogens is 1. The molecule has 2 aromatic carbocycles. The average molecular weight is 393 g/mol. The molecule has 2 aromatic rings. The third-order valence-electron chi connectivity index (χ3n) is 4.52. The van der Waals surface area contributed by atoms with Gasteiger partial charge >= 0.3 is 0 Å². The lowest BCUT2D eigenvalue weighted by Crippen LogP contribution is -2.50. The molecular weight excluding hydrogens is 372 g/mol. The summed E-state index contributed by atoms with van der Waals surface area (Å²) >= 11 is 6.04. The first kappa shape index (κ1) is 18.9. The Labute approximate surface area is 159 Å². The molecular formula is C19H21ClN2O3S. The van der Waals surface area contributed by atoms with Gasteiger partial charge in [-0.15, -0.1) is 0 Å². The van der Waals surface area contributed by atoms with Crippen molar-refractivity contribution in [2.24, 2.45) is 0 Å². The van der Waals surface area contributed by atoms with E-state index in [-0.39, 0.29) is 28.9 Å². The highest BCUT2D eigenvalue weighted by Crippen LogP contribution is 2.25. The van der Waals surface area contributed by atoms with Gasteiger partial charge in [0.25, 0.3) is 0 Å². The second-order valence-electron chi connectivity index (χ2n) is 6.20. The zero-order valence-electron chi connectivity index (χ0n) is 14.3. The fourth-order valence-electron chi connectivity index (χ4n) is 3.02. The molecule has 0 bridgehead atoms. The van der Waals surface area contributed by atoms with E-state index in [9.17, 15) is 13.2 Å². The molecule has 26 heavy (non-hydrogen) atoms. The summed E-state index contributed by atoms with van der Waals surface area (Å²) in [6.07, 6.45) is 1.12. The molecule has 5 nitrogen and oxygen atoms in total. The molecule has 0 radical (unpaired) electrons. The summed E-state index contributed by atoms with van der Waals surface area (Å²) < 4.78 is 26.9. The SMILES string of the molecule is O=C(CCc1ccccc1)N1CCN(S(=O)(=O)c2ccccc2Cl)CC1. The Kier molecular flexibility index (Phi) is 5.96. The van der Waals surface area contributed by atoms with E-state index in [1.165, 1.54) is 10.4 Å². The van der Waals surface area contributed by atoms with Crippen molar-refractivity contribution in [3.63, 3.8) is 0 Å². The van der Waals surface area contributed by atoms with E-state index in [4.69, 9.17) is 11.6 Å². The molecule has 0 spiro atoms. The number of piperazine rings is 1. The summed E-state index contributed by atoms with van der Waals surface area (Å²) in [6, 6.07) is 16.3. The highest BCUT2D eigenvalue weighted by atomic mass is 35.5. The Bertz CT molecular complexity index is 863. The number of aryl methyl sites for hydroxylation is 1. The molecule has 1 aliphatic heterocycles. The zero-order valence-corrected chi connectivity index (χ0v) is 15.9. The fourth-order valence-corrected chi connectivity index (χ4v) is 4.94. The Morgan fingerprint density at radius 1 is 0.923 bits per heavy atom. The van der Waals surface area contributed by atoms with Crippen LogP contribution in [-0.4, -0.2) is 49.7 Å². The summed E-state index contributed by atoms with van der Waals surface area (Å²) in [7, 11) is -3.63. The largest absolute Gasteiger partial charge is 0.340 e. The number of sulfonamides is 1. The number of amides is 1. The third-order valence-corrected chi connectivity index (χ3v) is 6.91. The van der Waals surface area contributed by atoms with Crippen molar-refractivity contribution in [2.45, 2.75) is 17.7 Å². The molecule has 1 heterocycles. The molecule has 1 amide bonds. The van der Waals surface area contributed by atoms with Gasteiger partial charge in [0.05, 0.1) is 5.02 Å². The maximum Gasteiger partial charge on any atom is 0.244 e. The van der Waals surface area contributed by atoms with Crippen molar-refractivity contribution in [2.75, 3.05) is 26.2 Å². The number of benzene rings is 2. The Morgan fingerprint density at radius 2 is 1.54 bits per heavy atom. The van der Waals surface area contributed by atoms with Gasteiger partial charge in [0.1, 0.15) is 4.90 Å². The number of hydrogen-bond acceptors (Lipinski definition) is 3. The van der Waals surface area contributed by atoms with Gasteiger partial charge in [-0.1, -0.05) is 54.1 Å². The highest BCUT2D eigenvalue weighted by molar-refractivity contribution is 7.89. The predicted molar refractivity (Wildman–Crippen MR) is 102 cm³/mol. The predicted octanol–water partition coefficient (Wildman–Crippen LogP) is 2.81. The Balaban J connectivity index is 1.57. The van der Waals surface area contributed by atoms with E-state index < -0.39 is 10.0 Å². The molecule has 0 saturated carbocycles. The molecule has 0 N–H and O–H groups in total. The summed E-state index contributed by atoms with van der Waals surface area (Å²) in [5, 5.41) is 0.217. The minimum atomic E-state index is -3.63. The lowest BCUT2D eigenvalue weighted by atomic mass is 10.1. The van der Waals surface area contributed by atoms with E-state index >= 15 is 0 Å². The molecule has 1 saturated heterocycles. The van der Waals surface area contributed by atoms with Crippen LogP contribution >= 0.6 is 11.6 Å². The highest BCUT2D eigenvalue weighted by Gasteiger charge is 2.31. The Hall–Kier alpha value is -1.89. The van der Waals surface area contributed by atoms with Crippen LogP contribution in [0.25, 0.3) is 0 Å². The first-order valence-corrected chi connectivity index (χ1v) is 10.4. The zero-order chi connectivity index (χ0) is 18.6. The quantitative estimate of drug-likeness (QED) is 0.786. The number of nitrogens with zero attached hydrogens (tertiary/aromatic N) is 2. The van der Waals surface area contributed by atoms with E-state index in [1.807, 2.05) is 30.3 Å². The van der Waals surface area contributed by atoms with Crippen molar-refractivity contribution in [3.05, 3.63) is 65.2 Å². The van der Waals surface area contributed by atoms with Crippen LogP contribution in [0.5, 0.6) is 0 Å². The molecule has 1 aliphatic rings. The van der Waals surface area contributed by atoms with Crippen LogP contribution in [0, 0.1) is 0 Å². The van der Waals surface area contributed by atoms with Crippen LogP contribution in [0.4, 0.5) is 0 Å². The van der Waals surface area contributed by atoms with Gasteiger partial charge in [-0.05, 0) is 24.1 Å². The number of carbonyl (C=O) groups is 1. The summed E-state index contributed by atoms with van der Waals surface area (Å²) in [5.41, 5.74) is 1.13. The second kappa shape index (κ2) is 8.20. The van der Waals surface area contributed by atoms with Gasteiger partial charge in [0.2, 0.25) is 15.9 Å². The first-order chi connectivity index (χ1) is 12.5. The van der Waals surface area contributed by atoms with Crippen LogP contribution in [-0.2, 0) is 21.2 Å². The van der Waals surface area contributed by atoms with Gasteiger partial charge in [-0.25, -0.2) is 8.42 Å². The lowest BCUT2D eigenvalue weighted by Gasteiger charge is -2.34. The molecule has 0 aromatic heterocycles. The monoisotopic (exact) mass is 392 g/mol. The number of carbonyl (C=O) groups excluding carboxylic acids is 1. The molecule has 0 atom stereocenters.